The van der Waals surface area contributed by atoms with Gasteiger partial charge in [0.1, 0.15) is 0 Å². The van der Waals surface area contributed by atoms with Gasteiger partial charge in [-0.2, -0.15) is 5.10 Å². The molecule has 1 aromatic carbocycles. The minimum atomic E-state index is -0.480. The van der Waals surface area contributed by atoms with Crippen LogP contribution in [0.15, 0.2) is 23.3 Å². The lowest BCUT2D eigenvalue weighted by atomic mass is 10.2. The summed E-state index contributed by atoms with van der Waals surface area (Å²) in [4.78, 5) is 25.1. The minimum Gasteiger partial charge on any atom is -0.490 e. The molecule has 1 heterocycles. The predicted molar refractivity (Wildman–Crippen MR) is 98.1 cm³/mol. The molecule has 1 saturated heterocycles. The van der Waals surface area contributed by atoms with Gasteiger partial charge in [-0.1, -0.05) is 0 Å². The average molecular weight is 379 g/mol. The van der Waals surface area contributed by atoms with E-state index >= 15 is 0 Å². The standard InChI is InChI=1S/C18H25N3O6/c1-3-26-16-10-14(4-5-15(16)27-13-18(23)24-2)11-19-20-17(22)12-21-6-8-25-9-7-21/h4-5,10-11H,3,6-9,12-13H2,1-2H3,(H,20,22)/b19-11+. The molecule has 0 atom stereocenters. The van der Waals surface area contributed by atoms with Gasteiger partial charge >= 0.3 is 5.97 Å². The van der Waals surface area contributed by atoms with Crippen molar-refractivity contribution in [3.8, 4) is 11.5 Å². The molecule has 9 heteroatoms. The van der Waals surface area contributed by atoms with E-state index in [2.05, 4.69) is 15.3 Å². The van der Waals surface area contributed by atoms with Crippen LogP contribution in [0.5, 0.6) is 11.5 Å². The van der Waals surface area contributed by atoms with Gasteiger partial charge in [0.2, 0.25) is 0 Å². The van der Waals surface area contributed by atoms with Gasteiger partial charge in [-0.05, 0) is 30.7 Å². The van der Waals surface area contributed by atoms with Crippen LogP contribution in [-0.2, 0) is 19.1 Å². The van der Waals surface area contributed by atoms with E-state index in [9.17, 15) is 9.59 Å². The molecule has 0 aromatic heterocycles. The number of rotatable bonds is 9. The summed E-state index contributed by atoms with van der Waals surface area (Å²) in [5, 5.41) is 3.97. The summed E-state index contributed by atoms with van der Waals surface area (Å²) in [6, 6.07) is 5.13. The smallest absolute Gasteiger partial charge is 0.343 e. The topological polar surface area (TPSA) is 98.7 Å². The van der Waals surface area contributed by atoms with Gasteiger partial charge in [0, 0.05) is 13.1 Å². The largest absolute Gasteiger partial charge is 0.490 e. The molecule has 0 radical (unpaired) electrons. The van der Waals surface area contributed by atoms with Gasteiger partial charge in [-0.15, -0.1) is 0 Å². The molecule has 0 spiro atoms. The van der Waals surface area contributed by atoms with Crippen molar-refractivity contribution in [2.75, 3.05) is 53.2 Å². The van der Waals surface area contributed by atoms with Gasteiger partial charge in [0.05, 0.1) is 39.7 Å². The van der Waals surface area contributed by atoms with Crippen LogP contribution in [0, 0.1) is 0 Å². The van der Waals surface area contributed by atoms with E-state index in [0.717, 1.165) is 18.7 Å². The Morgan fingerprint density at radius 3 is 2.74 bits per heavy atom. The Kier molecular flexibility index (Phi) is 8.53. The first-order chi connectivity index (χ1) is 13.1. The zero-order valence-electron chi connectivity index (χ0n) is 15.6. The molecule has 0 bridgehead atoms. The normalized spacial score (nSPS) is 14.7. The third-order valence-corrected chi connectivity index (χ3v) is 3.71. The number of methoxy groups -OCH3 is 1. The highest BCUT2D eigenvalue weighted by Gasteiger charge is 2.13. The summed E-state index contributed by atoms with van der Waals surface area (Å²) in [5.74, 6) is 0.239. The van der Waals surface area contributed by atoms with Crippen molar-refractivity contribution in [2.24, 2.45) is 5.10 Å². The van der Waals surface area contributed by atoms with E-state index in [4.69, 9.17) is 14.2 Å². The van der Waals surface area contributed by atoms with E-state index in [1.54, 1.807) is 18.2 Å². The first kappa shape index (κ1) is 20.7. The second-order valence-corrected chi connectivity index (χ2v) is 5.69. The highest BCUT2D eigenvalue weighted by Crippen LogP contribution is 2.28. The fourth-order valence-corrected chi connectivity index (χ4v) is 2.36. The van der Waals surface area contributed by atoms with Crippen LogP contribution in [0.25, 0.3) is 0 Å². The molecule has 1 fully saturated rings. The summed E-state index contributed by atoms with van der Waals surface area (Å²) in [6.07, 6.45) is 1.52. The van der Waals surface area contributed by atoms with Crippen LogP contribution in [-0.4, -0.2) is 76.2 Å². The maximum absolute atomic E-state index is 11.9. The summed E-state index contributed by atoms with van der Waals surface area (Å²) >= 11 is 0. The third kappa shape index (κ3) is 7.24. The zero-order valence-corrected chi connectivity index (χ0v) is 15.6. The molecular weight excluding hydrogens is 354 g/mol. The Hall–Kier alpha value is -2.65. The van der Waals surface area contributed by atoms with E-state index in [1.807, 2.05) is 11.8 Å². The van der Waals surface area contributed by atoms with Crippen molar-refractivity contribution in [2.45, 2.75) is 6.92 Å². The summed E-state index contributed by atoms with van der Waals surface area (Å²) in [6.45, 7) is 5.11. The molecule has 1 aliphatic heterocycles. The number of ether oxygens (including phenoxy) is 4. The maximum Gasteiger partial charge on any atom is 0.343 e. The monoisotopic (exact) mass is 379 g/mol. The molecule has 1 aromatic rings. The van der Waals surface area contributed by atoms with Gasteiger partial charge in [-0.25, -0.2) is 10.2 Å². The Morgan fingerprint density at radius 1 is 1.26 bits per heavy atom. The van der Waals surface area contributed by atoms with Crippen LogP contribution in [0.4, 0.5) is 0 Å². The molecule has 0 aliphatic carbocycles. The molecule has 1 N–H and O–H groups in total. The first-order valence-corrected chi connectivity index (χ1v) is 8.70. The number of benzene rings is 1. The zero-order chi connectivity index (χ0) is 19.5. The number of nitrogens with one attached hydrogen (secondary N) is 1. The maximum atomic E-state index is 11.9. The van der Waals surface area contributed by atoms with Crippen molar-refractivity contribution in [1.29, 1.82) is 0 Å². The van der Waals surface area contributed by atoms with E-state index in [0.29, 0.717) is 31.3 Å². The second-order valence-electron chi connectivity index (χ2n) is 5.69. The van der Waals surface area contributed by atoms with Crippen molar-refractivity contribution in [3.05, 3.63) is 23.8 Å². The van der Waals surface area contributed by atoms with Crippen molar-refractivity contribution < 1.29 is 28.5 Å². The van der Waals surface area contributed by atoms with Crippen LogP contribution in [0.3, 0.4) is 0 Å². The lowest BCUT2D eigenvalue weighted by molar-refractivity contribution is -0.142. The Labute approximate surface area is 158 Å². The lowest BCUT2D eigenvalue weighted by Crippen LogP contribution is -2.42. The second kappa shape index (κ2) is 11.1. The van der Waals surface area contributed by atoms with Crippen molar-refractivity contribution >= 4 is 18.1 Å². The van der Waals surface area contributed by atoms with Gasteiger partial charge in [0.15, 0.2) is 18.1 Å². The number of esters is 1. The minimum absolute atomic E-state index is 0.184. The molecule has 148 valence electrons. The van der Waals surface area contributed by atoms with E-state index < -0.39 is 5.97 Å². The lowest BCUT2D eigenvalue weighted by Gasteiger charge is -2.25. The molecule has 1 amide bonds. The summed E-state index contributed by atoms with van der Waals surface area (Å²) in [5.41, 5.74) is 3.23. The highest BCUT2D eigenvalue weighted by atomic mass is 16.6. The SMILES string of the molecule is CCOc1cc(/C=N/NC(=O)CN2CCOCC2)ccc1OCC(=O)OC. The number of carbonyl (C=O) groups excluding carboxylic acids is 2. The molecule has 9 nitrogen and oxygen atoms in total. The quantitative estimate of drug-likeness (QED) is 0.377. The summed E-state index contributed by atoms with van der Waals surface area (Å²) < 4.78 is 20.7. The number of hydrogen-bond acceptors (Lipinski definition) is 8. The number of hydrazone groups is 1. The predicted octanol–water partition coefficient (Wildman–Crippen LogP) is 0.419. The van der Waals surface area contributed by atoms with Gasteiger partial charge in [-0.3, -0.25) is 9.69 Å². The van der Waals surface area contributed by atoms with E-state index in [-0.39, 0.29) is 19.1 Å². The number of amides is 1. The van der Waals surface area contributed by atoms with Crippen LogP contribution < -0.4 is 14.9 Å². The van der Waals surface area contributed by atoms with Gasteiger partial charge < -0.3 is 18.9 Å². The third-order valence-electron chi connectivity index (χ3n) is 3.71. The van der Waals surface area contributed by atoms with Crippen LogP contribution in [0.1, 0.15) is 12.5 Å². The van der Waals surface area contributed by atoms with Crippen molar-refractivity contribution in [3.63, 3.8) is 0 Å². The molecule has 0 unspecified atom stereocenters. The molecule has 1 aliphatic rings. The van der Waals surface area contributed by atoms with E-state index in [1.165, 1.54) is 13.3 Å². The fraction of sp³-hybridized carbons (Fsp3) is 0.500. The van der Waals surface area contributed by atoms with Gasteiger partial charge in [0.25, 0.3) is 5.91 Å². The summed E-state index contributed by atoms with van der Waals surface area (Å²) in [7, 11) is 1.29. The Morgan fingerprint density at radius 2 is 2.04 bits per heavy atom. The molecule has 27 heavy (non-hydrogen) atoms. The van der Waals surface area contributed by atoms with Crippen LogP contribution in [0.2, 0.25) is 0 Å². The number of hydrogen-bond donors (Lipinski definition) is 1. The fourth-order valence-electron chi connectivity index (χ4n) is 2.36. The molecule has 0 saturated carbocycles. The first-order valence-electron chi connectivity index (χ1n) is 8.70. The van der Waals surface area contributed by atoms with Crippen LogP contribution >= 0.6 is 0 Å². The Balaban J connectivity index is 1.90. The number of carbonyl (C=O) groups is 2. The highest BCUT2D eigenvalue weighted by molar-refractivity contribution is 5.84. The number of nitrogens with zero attached hydrogens (tertiary/aromatic N) is 2. The molecular formula is C18H25N3O6. The number of morpholine rings is 1. The van der Waals surface area contributed by atoms with Crippen molar-refractivity contribution in [1.82, 2.24) is 10.3 Å². The Bertz CT molecular complexity index is 658. The molecule has 2 rings (SSSR count). The average Bonchev–Trinajstić information content (AvgIpc) is 2.68.